The normalized spacial score (nSPS) is 20.6. The number of benzene rings is 2. The van der Waals surface area contributed by atoms with Crippen LogP contribution < -0.4 is 10.6 Å². The lowest BCUT2D eigenvalue weighted by Gasteiger charge is -2.26. The Morgan fingerprint density at radius 2 is 1.77 bits per heavy atom. The minimum Gasteiger partial charge on any atom is -0.319 e. The summed E-state index contributed by atoms with van der Waals surface area (Å²) in [5.74, 6) is -0.293. The summed E-state index contributed by atoms with van der Waals surface area (Å²) in [6.07, 6.45) is 1.19. The Morgan fingerprint density at radius 3 is 2.41 bits per heavy atom. The van der Waals surface area contributed by atoms with E-state index in [1.54, 1.807) is 0 Å². The molecule has 0 aromatic heterocycles. The maximum Gasteiger partial charge on any atom is 0.322 e. The molecule has 0 spiro atoms. The average Bonchev–Trinajstić information content (AvgIpc) is 2.81. The van der Waals surface area contributed by atoms with Crippen LogP contribution in [0.2, 0.25) is 0 Å². The van der Waals surface area contributed by atoms with Crippen molar-refractivity contribution in [3.63, 3.8) is 0 Å². The van der Waals surface area contributed by atoms with Gasteiger partial charge in [0.15, 0.2) is 0 Å². The van der Waals surface area contributed by atoms with Crippen molar-refractivity contribution in [2.45, 2.75) is 18.4 Å². The molecular formula is C17H15BrN2O2. The average molecular weight is 359 g/mol. The fourth-order valence-electron chi connectivity index (χ4n) is 2.76. The van der Waals surface area contributed by atoms with Crippen LogP contribution in [0.25, 0.3) is 0 Å². The highest BCUT2D eigenvalue weighted by Crippen LogP contribution is 2.30. The fourth-order valence-corrected chi connectivity index (χ4v) is 3.21. The first-order chi connectivity index (χ1) is 10.6. The zero-order valence-corrected chi connectivity index (χ0v) is 13.4. The van der Waals surface area contributed by atoms with Gasteiger partial charge in [0.1, 0.15) is 5.54 Å². The zero-order chi connectivity index (χ0) is 15.6. The van der Waals surface area contributed by atoms with Crippen LogP contribution in [0.5, 0.6) is 0 Å². The van der Waals surface area contributed by atoms with Crippen LogP contribution in [-0.2, 0) is 16.8 Å². The second-order valence-corrected chi connectivity index (χ2v) is 6.23. The van der Waals surface area contributed by atoms with Crippen molar-refractivity contribution in [1.82, 2.24) is 10.6 Å². The van der Waals surface area contributed by atoms with E-state index in [-0.39, 0.29) is 5.91 Å². The van der Waals surface area contributed by atoms with E-state index in [2.05, 4.69) is 26.6 Å². The molecule has 1 atom stereocenters. The molecular weight excluding hydrogens is 344 g/mol. The molecule has 1 aliphatic rings. The van der Waals surface area contributed by atoms with Gasteiger partial charge in [-0.2, -0.15) is 0 Å². The fraction of sp³-hybridized carbons (Fsp3) is 0.176. The van der Waals surface area contributed by atoms with Gasteiger partial charge in [0.05, 0.1) is 0 Å². The van der Waals surface area contributed by atoms with E-state index in [4.69, 9.17) is 0 Å². The number of halogens is 1. The number of carbonyl (C=O) groups excluding carboxylic acids is 2. The molecule has 3 amide bonds. The summed E-state index contributed by atoms with van der Waals surface area (Å²) in [6, 6.07) is 16.9. The van der Waals surface area contributed by atoms with E-state index < -0.39 is 11.6 Å². The third-order valence-electron chi connectivity index (χ3n) is 3.89. The molecule has 0 bridgehead atoms. The van der Waals surface area contributed by atoms with Crippen molar-refractivity contribution in [2.75, 3.05) is 0 Å². The van der Waals surface area contributed by atoms with Gasteiger partial charge in [-0.15, -0.1) is 0 Å². The van der Waals surface area contributed by atoms with Crippen molar-refractivity contribution in [3.8, 4) is 0 Å². The predicted octanol–water partition coefficient (Wildman–Crippen LogP) is 3.12. The van der Waals surface area contributed by atoms with Gasteiger partial charge >= 0.3 is 6.03 Å². The monoisotopic (exact) mass is 358 g/mol. The third-order valence-corrected chi connectivity index (χ3v) is 4.38. The Balaban J connectivity index is 1.90. The van der Waals surface area contributed by atoms with Crippen LogP contribution >= 0.6 is 15.9 Å². The van der Waals surface area contributed by atoms with Crippen molar-refractivity contribution in [2.24, 2.45) is 0 Å². The summed E-state index contributed by atoms with van der Waals surface area (Å²) in [7, 11) is 0. The summed E-state index contributed by atoms with van der Waals surface area (Å²) in [4.78, 5) is 24.0. The van der Waals surface area contributed by atoms with E-state index in [0.717, 1.165) is 15.6 Å². The smallest absolute Gasteiger partial charge is 0.319 e. The summed E-state index contributed by atoms with van der Waals surface area (Å²) in [5, 5.41) is 5.16. The van der Waals surface area contributed by atoms with Gasteiger partial charge in [0.2, 0.25) is 0 Å². The molecule has 2 aromatic carbocycles. The van der Waals surface area contributed by atoms with Crippen molar-refractivity contribution >= 4 is 27.9 Å². The number of rotatable bonds is 4. The second-order valence-electron chi connectivity index (χ2n) is 5.31. The molecule has 0 saturated carbocycles. The van der Waals surface area contributed by atoms with Crippen LogP contribution in [0.4, 0.5) is 4.79 Å². The molecule has 0 aliphatic carbocycles. The Bertz CT molecular complexity index is 718. The van der Waals surface area contributed by atoms with Crippen LogP contribution in [0.15, 0.2) is 59.1 Å². The standard InChI is InChI=1S/C17H15BrN2O2/c18-14-8-4-5-12(11-14)9-10-17(13-6-2-1-3-7-13)15(21)19-16(22)20-17/h1-8,11H,9-10H2,(H2,19,20,21,22). The molecule has 3 rings (SSSR count). The van der Waals surface area contributed by atoms with Gasteiger partial charge < -0.3 is 5.32 Å². The number of aryl methyl sites for hydroxylation is 1. The number of imide groups is 1. The molecule has 2 N–H and O–H groups in total. The number of urea groups is 1. The van der Waals surface area contributed by atoms with Crippen LogP contribution in [0.1, 0.15) is 17.5 Å². The minimum absolute atomic E-state index is 0.293. The highest BCUT2D eigenvalue weighted by molar-refractivity contribution is 9.10. The molecule has 1 unspecified atom stereocenters. The van der Waals surface area contributed by atoms with Gasteiger partial charge in [0.25, 0.3) is 5.91 Å². The molecule has 22 heavy (non-hydrogen) atoms. The Kier molecular flexibility index (Phi) is 3.98. The number of hydrogen-bond acceptors (Lipinski definition) is 2. The lowest BCUT2D eigenvalue weighted by Crippen LogP contribution is -2.44. The maximum atomic E-state index is 12.4. The molecule has 1 aliphatic heterocycles. The second kappa shape index (κ2) is 5.93. The highest BCUT2D eigenvalue weighted by atomic mass is 79.9. The molecule has 112 valence electrons. The molecule has 5 heteroatoms. The molecule has 1 heterocycles. The van der Waals surface area contributed by atoms with Crippen LogP contribution in [0.3, 0.4) is 0 Å². The van der Waals surface area contributed by atoms with E-state index in [9.17, 15) is 9.59 Å². The molecule has 1 saturated heterocycles. The maximum absolute atomic E-state index is 12.4. The van der Waals surface area contributed by atoms with Gasteiger partial charge in [-0.25, -0.2) is 4.79 Å². The van der Waals surface area contributed by atoms with Gasteiger partial charge in [-0.05, 0) is 36.1 Å². The Labute approximate surface area is 137 Å². The lowest BCUT2D eigenvalue weighted by atomic mass is 9.84. The molecule has 4 nitrogen and oxygen atoms in total. The number of hydrogen-bond donors (Lipinski definition) is 2. The van der Waals surface area contributed by atoms with E-state index in [1.165, 1.54) is 0 Å². The van der Waals surface area contributed by atoms with Crippen molar-refractivity contribution in [1.29, 1.82) is 0 Å². The van der Waals surface area contributed by atoms with E-state index in [0.29, 0.717) is 12.8 Å². The molecule has 0 radical (unpaired) electrons. The first-order valence-corrected chi connectivity index (χ1v) is 7.83. The summed E-state index contributed by atoms with van der Waals surface area (Å²) >= 11 is 3.45. The topological polar surface area (TPSA) is 58.2 Å². The van der Waals surface area contributed by atoms with Gasteiger partial charge in [0, 0.05) is 4.47 Å². The van der Waals surface area contributed by atoms with E-state index >= 15 is 0 Å². The summed E-state index contributed by atoms with van der Waals surface area (Å²) in [6.45, 7) is 0. The predicted molar refractivity (Wildman–Crippen MR) is 87.3 cm³/mol. The van der Waals surface area contributed by atoms with Gasteiger partial charge in [-0.1, -0.05) is 58.4 Å². The zero-order valence-electron chi connectivity index (χ0n) is 11.8. The summed E-state index contributed by atoms with van der Waals surface area (Å²) < 4.78 is 0.999. The lowest BCUT2D eigenvalue weighted by molar-refractivity contribution is -0.124. The number of nitrogens with one attached hydrogen (secondary N) is 2. The SMILES string of the molecule is O=C1NC(=O)C(CCc2cccc(Br)c2)(c2ccccc2)N1. The van der Waals surface area contributed by atoms with Crippen molar-refractivity contribution in [3.05, 3.63) is 70.2 Å². The first-order valence-electron chi connectivity index (χ1n) is 7.04. The number of carbonyl (C=O) groups is 2. The van der Waals surface area contributed by atoms with Crippen LogP contribution in [0, 0.1) is 0 Å². The van der Waals surface area contributed by atoms with Crippen LogP contribution in [-0.4, -0.2) is 11.9 Å². The minimum atomic E-state index is -0.999. The molecule has 2 aromatic rings. The number of amides is 3. The molecule has 1 fully saturated rings. The largest absolute Gasteiger partial charge is 0.322 e. The van der Waals surface area contributed by atoms with E-state index in [1.807, 2.05) is 54.6 Å². The van der Waals surface area contributed by atoms with Gasteiger partial charge in [-0.3, -0.25) is 10.1 Å². The van der Waals surface area contributed by atoms with Crippen molar-refractivity contribution < 1.29 is 9.59 Å². The Hall–Kier alpha value is -2.14. The quantitative estimate of drug-likeness (QED) is 0.825. The summed E-state index contributed by atoms with van der Waals surface area (Å²) in [5.41, 5.74) is 0.910. The first kappa shape index (κ1) is 14.8. The highest BCUT2D eigenvalue weighted by Gasteiger charge is 2.47. The third kappa shape index (κ3) is 2.76. The Morgan fingerprint density at radius 1 is 1.00 bits per heavy atom.